The van der Waals surface area contributed by atoms with Gasteiger partial charge in [-0.25, -0.2) is 4.98 Å². The monoisotopic (exact) mass is 451 g/mol. The maximum Gasteiger partial charge on any atom is 0.136 e. The molecule has 0 spiro atoms. The van der Waals surface area contributed by atoms with Gasteiger partial charge in [0.2, 0.25) is 0 Å². The fourth-order valence-electron chi connectivity index (χ4n) is 4.37. The van der Waals surface area contributed by atoms with E-state index in [0.29, 0.717) is 0 Å². The zero-order chi connectivity index (χ0) is 23.8. The van der Waals surface area contributed by atoms with Gasteiger partial charge in [0.15, 0.2) is 0 Å². The Bertz CT molecular complexity index is 1140. The first-order chi connectivity index (χ1) is 16.7. The van der Waals surface area contributed by atoms with Gasteiger partial charge < -0.3 is 9.88 Å². The molecule has 0 fully saturated rings. The zero-order valence-electron chi connectivity index (χ0n) is 20.8. The molecule has 0 aliphatic rings. The topological polar surface area (TPSA) is 29.9 Å². The number of nitrogens with zero attached hydrogens (tertiary/aromatic N) is 2. The first-order valence-corrected chi connectivity index (χ1v) is 12.7. The molecule has 0 amide bonds. The number of aromatic nitrogens is 2. The van der Waals surface area contributed by atoms with Crippen molar-refractivity contribution in [3.05, 3.63) is 108 Å². The van der Waals surface area contributed by atoms with Gasteiger partial charge in [0.1, 0.15) is 11.9 Å². The maximum atomic E-state index is 5.08. The van der Waals surface area contributed by atoms with Gasteiger partial charge >= 0.3 is 0 Å². The van der Waals surface area contributed by atoms with Crippen LogP contribution in [0.25, 0.3) is 11.3 Å². The Balaban J connectivity index is 1.65. The van der Waals surface area contributed by atoms with Gasteiger partial charge in [0.25, 0.3) is 0 Å². The Kier molecular flexibility index (Phi) is 8.19. The molecule has 1 N–H and O–H groups in total. The summed E-state index contributed by atoms with van der Waals surface area (Å²) in [6, 6.07) is 28.3. The molecule has 1 atom stereocenters. The van der Waals surface area contributed by atoms with Gasteiger partial charge in [-0.1, -0.05) is 93.4 Å². The van der Waals surface area contributed by atoms with Gasteiger partial charge in [-0.15, -0.1) is 0 Å². The second-order valence-electron chi connectivity index (χ2n) is 9.18. The predicted octanol–water partition coefficient (Wildman–Crippen LogP) is 7.97. The second-order valence-corrected chi connectivity index (χ2v) is 9.18. The fraction of sp³-hybridized carbons (Fsp3) is 0.323. The van der Waals surface area contributed by atoms with Crippen LogP contribution in [0.2, 0.25) is 0 Å². The number of imidazole rings is 1. The number of unbranched alkanes of at least 4 members (excludes halogenated alkanes) is 2. The Morgan fingerprint density at radius 3 is 1.94 bits per heavy atom. The molecule has 0 saturated heterocycles. The molecule has 3 aromatic carbocycles. The van der Waals surface area contributed by atoms with Crippen molar-refractivity contribution in [1.82, 2.24) is 9.55 Å². The number of hydrogen-bond donors (Lipinski definition) is 1. The lowest BCUT2D eigenvalue weighted by molar-refractivity contribution is 0.747. The highest BCUT2D eigenvalue weighted by Crippen LogP contribution is 2.29. The molecule has 4 aromatic rings. The molecular formula is C31H37N3. The summed E-state index contributed by atoms with van der Waals surface area (Å²) in [5.74, 6) is 1.01. The van der Waals surface area contributed by atoms with Crippen molar-refractivity contribution in [2.24, 2.45) is 7.05 Å². The molecule has 34 heavy (non-hydrogen) atoms. The van der Waals surface area contributed by atoms with Gasteiger partial charge in [-0.3, -0.25) is 0 Å². The number of aryl methyl sites for hydroxylation is 3. The lowest BCUT2D eigenvalue weighted by Gasteiger charge is -2.21. The minimum absolute atomic E-state index is 0.0378. The van der Waals surface area contributed by atoms with Crippen LogP contribution in [0.3, 0.4) is 0 Å². The second kappa shape index (κ2) is 11.7. The van der Waals surface area contributed by atoms with Crippen LogP contribution >= 0.6 is 0 Å². The molecule has 3 heteroatoms. The van der Waals surface area contributed by atoms with E-state index in [1.165, 1.54) is 42.4 Å². The minimum atomic E-state index is -0.0378. The lowest BCUT2D eigenvalue weighted by Crippen LogP contribution is -2.17. The summed E-state index contributed by atoms with van der Waals surface area (Å²) >= 11 is 0. The normalized spacial score (nSPS) is 12.0. The summed E-state index contributed by atoms with van der Waals surface area (Å²) in [7, 11) is 2.09. The highest BCUT2D eigenvalue weighted by molar-refractivity contribution is 5.59. The standard InChI is InChI=1S/C31H37N3/c1-4-6-11-24-15-19-27(20-16-24)30(32-28-21-17-25(18-22-28)12-7-5-2)31-33-29(23-34(31)3)26-13-9-8-10-14-26/h8-10,13-23,30,32H,4-7,11-12H2,1-3H3. The van der Waals surface area contributed by atoms with E-state index in [0.717, 1.165) is 35.6 Å². The zero-order valence-corrected chi connectivity index (χ0v) is 20.8. The summed E-state index contributed by atoms with van der Waals surface area (Å²) in [6.07, 6.45) is 9.30. The Morgan fingerprint density at radius 1 is 0.765 bits per heavy atom. The summed E-state index contributed by atoms with van der Waals surface area (Å²) in [6.45, 7) is 4.48. The molecule has 0 bridgehead atoms. The molecule has 1 aromatic heterocycles. The molecule has 4 rings (SSSR count). The average Bonchev–Trinajstić information content (AvgIpc) is 3.27. The Labute approximate surface area is 204 Å². The largest absolute Gasteiger partial charge is 0.372 e. The van der Waals surface area contributed by atoms with Gasteiger partial charge in [-0.2, -0.15) is 0 Å². The minimum Gasteiger partial charge on any atom is -0.372 e. The third-order valence-electron chi connectivity index (χ3n) is 6.46. The number of anilines is 1. The SMILES string of the molecule is CCCCc1ccc(NC(c2ccc(CCCC)cc2)c2nc(-c3ccccc3)cn2C)cc1. The van der Waals surface area contributed by atoms with Crippen LogP contribution in [0.15, 0.2) is 85.1 Å². The van der Waals surface area contributed by atoms with E-state index in [4.69, 9.17) is 4.98 Å². The van der Waals surface area contributed by atoms with Crippen LogP contribution in [0.1, 0.15) is 68.1 Å². The molecule has 0 radical (unpaired) electrons. The quantitative estimate of drug-likeness (QED) is 0.250. The molecule has 0 saturated carbocycles. The highest BCUT2D eigenvalue weighted by atomic mass is 15.1. The first kappa shape index (κ1) is 23.8. The van der Waals surface area contributed by atoms with Crippen molar-refractivity contribution in [2.75, 3.05) is 5.32 Å². The molecule has 0 aliphatic heterocycles. The summed E-state index contributed by atoms with van der Waals surface area (Å²) in [5.41, 5.74) is 7.27. The van der Waals surface area contributed by atoms with E-state index in [9.17, 15) is 0 Å². The van der Waals surface area contributed by atoms with Crippen LogP contribution in [-0.4, -0.2) is 9.55 Å². The van der Waals surface area contributed by atoms with E-state index >= 15 is 0 Å². The van der Waals surface area contributed by atoms with Crippen molar-refractivity contribution < 1.29 is 0 Å². The van der Waals surface area contributed by atoms with Crippen LogP contribution in [0.4, 0.5) is 5.69 Å². The molecule has 0 aliphatic carbocycles. The lowest BCUT2D eigenvalue weighted by atomic mass is 10.0. The van der Waals surface area contributed by atoms with Crippen molar-refractivity contribution >= 4 is 5.69 Å². The van der Waals surface area contributed by atoms with E-state index in [-0.39, 0.29) is 6.04 Å². The summed E-state index contributed by atoms with van der Waals surface area (Å²) in [5, 5.41) is 3.78. The molecule has 3 nitrogen and oxygen atoms in total. The fourth-order valence-corrected chi connectivity index (χ4v) is 4.37. The Hall–Kier alpha value is -3.33. The van der Waals surface area contributed by atoms with Crippen molar-refractivity contribution in [1.29, 1.82) is 0 Å². The van der Waals surface area contributed by atoms with Gasteiger partial charge in [0, 0.05) is 24.5 Å². The average molecular weight is 452 g/mol. The summed E-state index contributed by atoms with van der Waals surface area (Å²) < 4.78 is 2.15. The van der Waals surface area contributed by atoms with Crippen molar-refractivity contribution in [3.8, 4) is 11.3 Å². The van der Waals surface area contributed by atoms with E-state index in [2.05, 4.69) is 110 Å². The third-order valence-corrected chi connectivity index (χ3v) is 6.46. The third kappa shape index (κ3) is 5.96. The molecular weight excluding hydrogens is 414 g/mol. The van der Waals surface area contributed by atoms with Crippen molar-refractivity contribution in [3.63, 3.8) is 0 Å². The highest BCUT2D eigenvalue weighted by Gasteiger charge is 2.20. The predicted molar refractivity (Wildman–Crippen MR) is 144 cm³/mol. The molecule has 1 unspecified atom stereocenters. The van der Waals surface area contributed by atoms with Crippen LogP contribution in [0, 0.1) is 0 Å². The first-order valence-electron chi connectivity index (χ1n) is 12.7. The van der Waals surface area contributed by atoms with E-state index < -0.39 is 0 Å². The smallest absolute Gasteiger partial charge is 0.136 e. The number of hydrogen-bond acceptors (Lipinski definition) is 2. The van der Waals surface area contributed by atoms with Gasteiger partial charge in [-0.05, 0) is 54.5 Å². The number of rotatable bonds is 11. The van der Waals surface area contributed by atoms with Crippen LogP contribution in [0.5, 0.6) is 0 Å². The number of nitrogens with one attached hydrogen (secondary N) is 1. The van der Waals surface area contributed by atoms with E-state index in [1.54, 1.807) is 0 Å². The molecule has 1 heterocycles. The molecule has 176 valence electrons. The van der Waals surface area contributed by atoms with Crippen molar-refractivity contribution in [2.45, 2.75) is 58.4 Å². The number of benzene rings is 3. The van der Waals surface area contributed by atoms with Crippen LogP contribution < -0.4 is 5.32 Å². The van der Waals surface area contributed by atoms with Gasteiger partial charge in [0.05, 0.1) is 5.69 Å². The summed E-state index contributed by atoms with van der Waals surface area (Å²) in [4.78, 5) is 5.08. The maximum absolute atomic E-state index is 5.08. The van der Waals surface area contributed by atoms with Crippen LogP contribution in [-0.2, 0) is 19.9 Å². The Morgan fingerprint density at radius 2 is 1.35 bits per heavy atom. The van der Waals surface area contributed by atoms with E-state index in [1.807, 2.05) is 6.07 Å².